The first-order chi connectivity index (χ1) is 14.9. The van der Waals surface area contributed by atoms with Crippen molar-refractivity contribution in [3.63, 3.8) is 0 Å². The summed E-state index contributed by atoms with van der Waals surface area (Å²) < 4.78 is 11.2. The lowest BCUT2D eigenvalue weighted by molar-refractivity contribution is 0.0955. The normalized spacial score (nSPS) is 10.9. The summed E-state index contributed by atoms with van der Waals surface area (Å²) in [6, 6.07) is 15.1. The van der Waals surface area contributed by atoms with Crippen LogP contribution in [0, 0.1) is 0 Å². The summed E-state index contributed by atoms with van der Waals surface area (Å²) in [7, 11) is 1.54. The Bertz CT molecular complexity index is 1140. The number of nitrogens with one attached hydrogen (secondary N) is 1. The summed E-state index contributed by atoms with van der Waals surface area (Å²) in [5, 5.41) is 5.57. The Labute approximate surface area is 199 Å². The monoisotopic (exact) mass is 496 g/mol. The number of hydrogen-bond acceptors (Lipinski definition) is 4. The van der Waals surface area contributed by atoms with E-state index in [4.69, 9.17) is 55.9 Å². The number of hydrogen-bond donors (Lipinski definition) is 1. The van der Waals surface area contributed by atoms with Crippen LogP contribution in [0.5, 0.6) is 11.5 Å². The molecule has 0 aliphatic carbocycles. The van der Waals surface area contributed by atoms with Crippen molar-refractivity contribution >= 4 is 58.5 Å². The number of nitrogens with zero attached hydrogens (tertiary/aromatic N) is 1. The SMILES string of the molecule is COc1cc(/C=N\NC(=O)c2ccc(Cl)c(Cl)c2)ccc1OCc1ccc(Cl)c(Cl)c1. The van der Waals surface area contributed by atoms with E-state index in [-0.39, 0.29) is 0 Å². The van der Waals surface area contributed by atoms with Crippen LogP contribution < -0.4 is 14.9 Å². The Morgan fingerprint density at radius 1 is 0.903 bits per heavy atom. The van der Waals surface area contributed by atoms with Gasteiger partial charge in [-0.3, -0.25) is 4.79 Å². The summed E-state index contributed by atoms with van der Waals surface area (Å²) in [5.74, 6) is 0.647. The molecule has 0 fully saturated rings. The van der Waals surface area contributed by atoms with Crippen LogP contribution in [0.1, 0.15) is 21.5 Å². The van der Waals surface area contributed by atoms with E-state index < -0.39 is 5.91 Å². The van der Waals surface area contributed by atoms with E-state index in [1.165, 1.54) is 19.4 Å². The van der Waals surface area contributed by atoms with Crippen molar-refractivity contribution in [2.75, 3.05) is 7.11 Å². The average molecular weight is 498 g/mol. The first-order valence-corrected chi connectivity index (χ1v) is 10.4. The maximum absolute atomic E-state index is 12.2. The van der Waals surface area contributed by atoms with Gasteiger partial charge < -0.3 is 9.47 Å². The van der Waals surface area contributed by atoms with E-state index in [0.717, 1.165) is 5.56 Å². The number of amides is 1. The second kappa shape index (κ2) is 10.7. The van der Waals surface area contributed by atoms with Crippen molar-refractivity contribution in [3.05, 3.63) is 91.4 Å². The molecule has 160 valence electrons. The number of hydrazone groups is 1. The summed E-state index contributed by atoms with van der Waals surface area (Å²) >= 11 is 23.7. The van der Waals surface area contributed by atoms with Gasteiger partial charge in [0.25, 0.3) is 5.91 Å². The second-order valence-electron chi connectivity index (χ2n) is 6.28. The lowest BCUT2D eigenvalue weighted by Gasteiger charge is -2.11. The quantitative estimate of drug-likeness (QED) is 0.293. The number of halogens is 4. The third kappa shape index (κ3) is 6.28. The van der Waals surface area contributed by atoms with Gasteiger partial charge in [-0.15, -0.1) is 0 Å². The molecule has 31 heavy (non-hydrogen) atoms. The minimum atomic E-state index is -0.414. The highest BCUT2D eigenvalue weighted by atomic mass is 35.5. The molecular weight excluding hydrogens is 482 g/mol. The zero-order chi connectivity index (χ0) is 22.4. The van der Waals surface area contributed by atoms with Crippen molar-refractivity contribution < 1.29 is 14.3 Å². The molecular formula is C22H16Cl4N2O3. The summed E-state index contributed by atoms with van der Waals surface area (Å²) in [6.45, 7) is 0.292. The largest absolute Gasteiger partial charge is 0.493 e. The fourth-order valence-corrected chi connectivity index (χ4v) is 3.16. The van der Waals surface area contributed by atoms with Gasteiger partial charge in [0.2, 0.25) is 0 Å². The minimum absolute atomic E-state index is 0.291. The molecule has 0 radical (unpaired) electrons. The van der Waals surface area contributed by atoms with Crippen molar-refractivity contribution in [2.24, 2.45) is 5.10 Å². The van der Waals surface area contributed by atoms with Gasteiger partial charge in [0.05, 0.1) is 33.4 Å². The first-order valence-electron chi connectivity index (χ1n) is 8.90. The van der Waals surface area contributed by atoms with Gasteiger partial charge in [0, 0.05) is 5.56 Å². The Morgan fingerprint density at radius 2 is 1.61 bits per heavy atom. The van der Waals surface area contributed by atoms with E-state index in [0.29, 0.717) is 49.3 Å². The molecule has 5 nitrogen and oxygen atoms in total. The molecule has 0 heterocycles. The molecule has 0 unspecified atom stereocenters. The molecule has 0 aromatic heterocycles. The second-order valence-corrected chi connectivity index (χ2v) is 7.90. The van der Waals surface area contributed by atoms with Crippen molar-refractivity contribution in [1.82, 2.24) is 5.43 Å². The van der Waals surface area contributed by atoms with Crippen LogP contribution in [0.25, 0.3) is 0 Å². The zero-order valence-electron chi connectivity index (χ0n) is 16.2. The van der Waals surface area contributed by atoms with Gasteiger partial charge in [-0.2, -0.15) is 5.10 Å². The topological polar surface area (TPSA) is 59.9 Å². The van der Waals surface area contributed by atoms with Crippen LogP contribution in [0.15, 0.2) is 59.7 Å². The maximum Gasteiger partial charge on any atom is 0.271 e. The molecule has 3 rings (SSSR count). The summed E-state index contributed by atoms with van der Waals surface area (Å²) in [5.41, 5.74) is 4.35. The minimum Gasteiger partial charge on any atom is -0.493 e. The molecule has 0 spiro atoms. The van der Waals surface area contributed by atoms with Gasteiger partial charge in [-0.05, 0) is 59.7 Å². The fourth-order valence-electron chi connectivity index (χ4n) is 2.54. The number of benzene rings is 3. The highest BCUT2D eigenvalue weighted by Gasteiger charge is 2.09. The molecule has 1 N–H and O–H groups in total. The van der Waals surface area contributed by atoms with Crippen LogP contribution in [0.2, 0.25) is 20.1 Å². The number of rotatable bonds is 7. The number of ether oxygens (including phenoxy) is 2. The van der Waals surface area contributed by atoms with E-state index >= 15 is 0 Å². The number of carbonyl (C=O) groups excluding carboxylic acids is 1. The predicted octanol–water partition coefficient (Wildman–Crippen LogP) is 6.65. The molecule has 3 aromatic carbocycles. The van der Waals surface area contributed by atoms with Gasteiger partial charge in [-0.1, -0.05) is 52.5 Å². The molecule has 0 saturated heterocycles. The Kier molecular flexibility index (Phi) is 8.04. The Balaban J connectivity index is 1.63. The van der Waals surface area contributed by atoms with Gasteiger partial charge in [-0.25, -0.2) is 5.43 Å². The fraction of sp³-hybridized carbons (Fsp3) is 0.0909. The molecule has 0 aliphatic rings. The van der Waals surface area contributed by atoms with Gasteiger partial charge in [0.1, 0.15) is 6.61 Å². The van der Waals surface area contributed by atoms with Crippen LogP contribution >= 0.6 is 46.4 Å². The average Bonchev–Trinajstić information content (AvgIpc) is 2.76. The maximum atomic E-state index is 12.2. The molecule has 0 atom stereocenters. The Hall–Kier alpha value is -2.44. The Morgan fingerprint density at radius 3 is 2.29 bits per heavy atom. The van der Waals surface area contributed by atoms with Crippen molar-refractivity contribution in [3.8, 4) is 11.5 Å². The van der Waals surface area contributed by atoms with E-state index in [9.17, 15) is 4.79 Å². The van der Waals surface area contributed by atoms with Crippen molar-refractivity contribution in [2.45, 2.75) is 6.61 Å². The number of methoxy groups -OCH3 is 1. The lowest BCUT2D eigenvalue weighted by Crippen LogP contribution is -2.17. The predicted molar refractivity (Wildman–Crippen MR) is 125 cm³/mol. The van der Waals surface area contributed by atoms with E-state index in [1.807, 2.05) is 6.07 Å². The van der Waals surface area contributed by atoms with E-state index in [1.54, 1.807) is 42.5 Å². The van der Waals surface area contributed by atoms with Gasteiger partial charge >= 0.3 is 0 Å². The van der Waals surface area contributed by atoms with Crippen LogP contribution in [0.4, 0.5) is 0 Å². The highest BCUT2D eigenvalue weighted by Crippen LogP contribution is 2.29. The molecule has 3 aromatic rings. The molecule has 0 saturated carbocycles. The smallest absolute Gasteiger partial charge is 0.271 e. The first kappa shape index (κ1) is 23.2. The molecule has 0 bridgehead atoms. The third-order valence-electron chi connectivity index (χ3n) is 4.13. The zero-order valence-corrected chi connectivity index (χ0v) is 19.2. The van der Waals surface area contributed by atoms with E-state index in [2.05, 4.69) is 10.5 Å². The summed E-state index contributed by atoms with van der Waals surface area (Å²) in [4.78, 5) is 12.2. The van der Waals surface area contributed by atoms with Crippen LogP contribution in [-0.4, -0.2) is 19.2 Å². The standard InChI is InChI=1S/C22H16Cl4N2O3/c1-30-21-9-13(11-27-28-22(29)15-4-6-17(24)19(26)10-15)3-7-20(21)31-12-14-2-5-16(23)18(25)8-14/h2-11H,12H2,1H3,(H,28,29)/b27-11-. The van der Waals surface area contributed by atoms with Gasteiger partial charge in [0.15, 0.2) is 11.5 Å². The molecule has 9 heteroatoms. The summed E-state index contributed by atoms with van der Waals surface area (Å²) in [6.07, 6.45) is 1.49. The molecule has 1 amide bonds. The van der Waals surface area contributed by atoms with Crippen LogP contribution in [-0.2, 0) is 6.61 Å². The lowest BCUT2D eigenvalue weighted by atomic mass is 10.2. The van der Waals surface area contributed by atoms with Crippen LogP contribution in [0.3, 0.4) is 0 Å². The molecule has 0 aliphatic heterocycles. The third-order valence-corrected chi connectivity index (χ3v) is 5.61. The highest BCUT2D eigenvalue weighted by molar-refractivity contribution is 6.42. The van der Waals surface area contributed by atoms with Crippen molar-refractivity contribution in [1.29, 1.82) is 0 Å². The number of carbonyl (C=O) groups is 1.